The number of nitrogens with zero attached hydrogens (tertiary/aromatic N) is 2. The minimum Gasteiger partial charge on any atom is -0.493 e. The van der Waals surface area contributed by atoms with Gasteiger partial charge < -0.3 is 18.9 Å². The first-order valence-corrected chi connectivity index (χ1v) is 9.70. The smallest absolute Gasteiger partial charge is 0.357 e. The lowest BCUT2D eigenvalue weighted by molar-refractivity contribution is 0.0549. The normalized spacial score (nSPS) is 10.5. The van der Waals surface area contributed by atoms with E-state index in [0.29, 0.717) is 29.4 Å². The molecule has 31 heavy (non-hydrogen) atoms. The van der Waals surface area contributed by atoms with E-state index in [-0.39, 0.29) is 22.0 Å². The number of hydrogen-bond acceptors (Lipinski definition) is 7. The molecule has 0 aliphatic heterocycles. The van der Waals surface area contributed by atoms with Crippen molar-refractivity contribution in [2.45, 2.75) is 6.92 Å². The number of aromatic nitrogens is 2. The molecule has 3 aromatic rings. The van der Waals surface area contributed by atoms with Gasteiger partial charge in [0, 0.05) is 5.56 Å². The van der Waals surface area contributed by atoms with E-state index in [1.165, 1.54) is 26.0 Å². The first kappa shape index (κ1) is 22.2. The molecular weight excluding hydrogens is 424 g/mol. The van der Waals surface area contributed by atoms with E-state index in [4.69, 9.17) is 30.5 Å². The lowest BCUT2D eigenvalue weighted by atomic mass is 10.0. The van der Waals surface area contributed by atoms with E-state index in [2.05, 4.69) is 5.10 Å². The molecule has 8 nitrogen and oxygen atoms in total. The molecule has 0 spiro atoms. The molecule has 9 heteroatoms. The molecule has 0 atom stereocenters. The summed E-state index contributed by atoms with van der Waals surface area (Å²) in [4.78, 5) is 25.4. The largest absolute Gasteiger partial charge is 0.493 e. The number of para-hydroxylation sites is 1. The molecule has 0 saturated heterocycles. The molecule has 2 aromatic carbocycles. The molecule has 0 unspecified atom stereocenters. The number of halogens is 1. The van der Waals surface area contributed by atoms with Crippen molar-refractivity contribution in [3.05, 3.63) is 58.7 Å². The minimum atomic E-state index is -0.749. The fourth-order valence-corrected chi connectivity index (χ4v) is 3.36. The number of hydrogen-bond donors (Lipinski definition) is 0. The SMILES string of the molecule is CCOc1c(Cl)cc(-c2nn(-c3ccccc3)c(C(=O)OC)c2C(=O)OC)cc1OC. The zero-order valence-corrected chi connectivity index (χ0v) is 18.2. The molecule has 0 amide bonds. The average Bonchev–Trinajstić information content (AvgIpc) is 3.20. The van der Waals surface area contributed by atoms with Gasteiger partial charge in [0.15, 0.2) is 17.2 Å². The first-order chi connectivity index (χ1) is 15.0. The average molecular weight is 445 g/mol. The summed E-state index contributed by atoms with van der Waals surface area (Å²) >= 11 is 6.41. The third-order valence-electron chi connectivity index (χ3n) is 4.45. The second-order valence-corrected chi connectivity index (χ2v) is 6.63. The summed E-state index contributed by atoms with van der Waals surface area (Å²) in [5, 5.41) is 4.81. The predicted octanol–water partition coefficient (Wildman–Crippen LogP) is 4.17. The van der Waals surface area contributed by atoms with Crippen molar-refractivity contribution in [2.24, 2.45) is 0 Å². The summed E-state index contributed by atoms with van der Waals surface area (Å²) in [6.45, 7) is 2.21. The van der Waals surface area contributed by atoms with Gasteiger partial charge in [-0.1, -0.05) is 29.8 Å². The molecule has 3 rings (SSSR count). The molecule has 0 saturated carbocycles. The Morgan fingerprint density at radius 2 is 1.71 bits per heavy atom. The van der Waals surface area contributed by atoms with E-state index in [0.717, 1.165) is 0 Å². The second-order valence-electron chi connectivity index (χ2n) is 6.23. The van der Waals surface area contributed by atoms with Crippen molar-refractivity contribution in [1.82, 2.24) is 9.78 Å². The Bertz CT molecular complexity index is 1110. The van der Waals surface area contributed by atoms with Gasteiger partial charge in [0.2, 0.25) is 0 Å². The van der Waals surface area contributed by atoms with Crippen LogP contribution >= 0.6 is 11.6 Å². The summed E-state index contributed by atoms with van der Waals surface area (Å²) in [5.74, 6) is -0.770. The summed E-state index contributed by atoms with van der Waals surface area (Å²) in [6.07, 6.45) is 0. The van der Waals surface area contributed by atoms with Crippen molar-refractivity contribution in [1.29, 1.82) is 0 Å². The van der Waals surface area contributed by atoms with Crippen LogP contribution in [-0.4, -0.2) is 49.7 Å². The zero-order chi connectivity index (χ0) is 22.5. The van der Waals surface area contributed by atoms with Gasteiger partial charge in [0.1, 0.15) is 11.3 Å². The van der Waals surface area contributed by atoms with Crippen LogP contribution in [0.1, 0.15) is 27.8 Å². The van der Waals surface area contributed by atoms with Gasteiger partial charge in [0.25, 0.3) is 0 Å². The number of carbonyl (C=O) groups is 2. The van der Waals surface area contributed by atoms with Gasteiger partial charge in [-0.05, 0) is 31.2 Å². The topological polar surface area (TPSA) is 88.9 Å². The van der Waals surface area contributed by atoms with Crippen molar-refractivity contribution in [2.75, 3.05) is 27.9 Å². The van der Waals surface area contributed by atoms with E-state index in [9.17, 15) is 9.59 Å². The number of methoxy groups -OCH3 is 3. The van der Waals surface area contributed by atoms with E-state index in [1.54, 1.807) is 36.4 Å². The lowest BCUT2D eigenvalue weighted by Crippen LogP contribution is -2.15. The highest BCUT2D eigenvalue weighted by molar-refractivity contribution is 6.32. The Morgan fingerprint density at radius 3 is 2.29 bits per heavy atom. The summed E-state index contributed by atoms with van der Waals surface area (Å²) in [7, 11) is 3.92. The van der Waals surface area contributed by atoms with Gasteiger partial charge in [-0.2, -0.15) is 5.10 Å². The van der Waals surface area contributed by atoms with Crippen LogP contribution < -0.4 is 9.47 Å². The van der Waals surface area contributed by atoms with Gasteiger partial charge in [-0.25, -0.2) is 14.3 Å². The van der Waals surface area contributed by atoms with Crippen LogP contribution in [0.3, 0.4) is 0 Å². The molecule has 162 valence electrons. The fourth-order valence-electron chi connectivity index (χ4n) is 3.10. The summed E-state index contributed by atoms with van der Waals surface area (Å²) in [5.41, 5.74) is 1.05. The Hall–Kier alpha value is -3.52. The number of benzene rings is 2. The van der Waals surface area contributed by atoms with E-state index in [1.807, 2.05) is 13.0 Å². The van der Waals surface area contributed by atoms with Crippen LogP contribution in [0.25, 0.3) is 16.9 Å². The first-order valence-electron chi connectivity index (χ1n) is 9.32. The second kappa shape index (κ2) is 9.53. The Balaban J connectivity index is 2.35. The number of rotatable bonds is 7. The van der Waals surface area contributed by atoms with Crippen LogP contribution in [0.5, 0.6) is 11.5 Å². The van der Waals surface area contributed by atoms with E-state index >= 15 is 0 Å². The number of ether oxygens (including phenoxy) is 4. The summed E-state index contributed by atoms with van der Waals surface area (Å²) < 4.78 is 22.2. The standard InChI is InChI=1S/C22H21ClN2O6/c1-5-31-20-15(23)11-13(12-16(20)28-2)18-17(21(26)29-3)19(22(27)30-4)25(24-18)14-9-7-6-8-10-14/h6-12H,5H2,1-4H3. The summed E-state index contributed by atoms with van der Waals surface area (Å²) in [6, 6.07) is 12.1. The fraction of sp³-hybridized carbons (Fsp3) is 0.227. The maximum absolute atomic E-state index is 12.7. The molecule has 0 bridgehead atoms. The third kappa shape index (κ3) is 4.20. The van der Waals surface area contributed by atoms with Gasteiger partial charge in [0.05, 0.1) is 38.6 Å². The molecule has 1 aromatic heterocycles. The minimum absolute atomic E-state index is 0.0551. The number of carbonyl (C=O) groups excluding carboxylic acids is 2. The Labute approximate surface area is 184 Å². The molecule has 0 fully saturated rings. The van der Waals surface area contributed by atoms with Crippen molar-refractivity contribution in [3.8, 4) is 28.4 Å². The van der Waals surface area contributed by atoms with Crippen LogP contribution in [0.2, 0.25) is 5.02 Å². The molecule has 0 aliphatic carbocycles. The zero-order valence-electron chi connectivity index (χ0n) is 17.5. The third-order valence-corrected chi connectivity index (χ3v) is 4.73. The highest BCUT2D eigenvalue weighted by Crippen LogP contribution is 2.40. The molecule has 0 N–H and O–H groups in total. The monoisotopic (exact) mass is 444 g/mol. The quantitative estimate of drug-likeness (QED) is 0.505. The molecular formula is C22H21ClN2O6. The molecule has 0 aliphatic rings. The maximum atomic E-state index is 12.7. The van der Waals surface area contributed by atoms with Crippen LogP contribution in [-0.2, 0) is 9.47 Å². The van der Waals surface area contributed by atoms with Crippen LogP contribution in [0.15, 0.2) is 42.5 Å². The highest BCUT2D eigenvalue weighted by atomic mass is 35.5. The van der Waals surface area contributed by atoms with Gasteiger partial charge >= 0.3 is 11.9 Å². The predicted molar refractivity (Wildman–Crippen MR) is 114 cm³/mol. The van der Waals surface area contributed by atoms with Crippen LogP contribution in [0.4, 0.5) is 0 Å². The number of esters is 2. The highest BCUT2D eigenvalue weighted by Gasteiger charge is 2.32. The van der Waals surface area contributed by atoms with Crippen molar-refractivity contribution >= 4 is 23.5 Å². The van der Waals surface area contributed by atoms with Gasteiger partial charge in [-0.15, -0.1) is 0 Å². The maximum Gasteiger partial charge on any atom is 0.357 e. The van der Waals surface area contributed by atoms with Crippen molar-refractivity contribution < 1.29 is 28.5 Å². The van der Waals surface area contributed by atoms with E-state index < -0.39 is 11.9 Å². The van der Waals surface area contributed by atoms with Gasteiger partial charge in [-0.3, -0.25) is 0 Å². The Morgan fingerprint density at radius 1 is 1.03 bits per heavy atom. The Kier molecular flexibility index (Phi) is 6.81. The lowest BCUT2D eigenvalue weighted by Gasteiger charge is -2.13. The molecule has 1 heterocycles. The van der Waals surface area contributed by atoms with Crippen molar-refractivity contribution in [3.63, 3.8) is 0 Å². The molecule has 0 radical (unpaired) electrons. The van der Waals surface area contributed by atoms with Crippen LogP contribution in [0, 0.1) is 0 Å².